The monoisotopic (exact) mass is 437 g/mol. The average Bonchev–Trinajstić information content (AvgIpc) is 3.10. The van der Waals surface area contributed by atoms with Gasteiger partial charge >= 0.3 is 5.97 Å². The first-order chi connectivity index (χ1) is 12.5. The van der Waals surface area contributed by atoms with Gasteiger partial charge < -0.3 is 14.6 Å². The van der Waals surface area contributed by atoms with E-state index in [4.69, 9.17) is 14.6 Å². The number of rotatable bonds is 6. The van der Waals surface area contributed by atoms with Gasteiger partial charge in [0.05, 0.1) is 17.0 Å². The SMILES string of the molecule is COc1cc(C2NC(C(=O)O)CS2)cc(Br)c1OCc1cccc(C)c1. The maximum atomic E-state index is 11.1. The van der Waals surface area contributed by atoms with Crippen LogP contribution in [0.4, 0.5) is 0 Å². The van der Waals surface area contributed by atoms with Gasteiger partial charge in [-0.3, -0.25) is 10.1 Å². The van der Waals surface area contributed by atoms with Gasteiger partial charge in [-0.05, 0) is 46.1 Å². The number of ether oxygens (including phenoxy) is 2. The van der Waals surface area contributed by atoms with E-state index >= 15 is 0 Å². The zero-order valence-electron chi connectivity index (χ0n) is 14.5. The molecule has 0 spiro atoms. The highest BCUT2D eigenvalue weighted by Gasteiger charge is 2.31. The van der Waals surface area contributed by atoms with Crippen molar-refractivity contribution in [2.75, 3.05) is 12.9 Å². The van der Waals surface area contributed by atoms with Gasteiger partial charge in [0.2, 0.25) is 0 Å². The fourth-order valence-electron chi connectivity index (χ4n) is 2.80. The third kappa shape index (κ3) is 4.34. The molecule has 0 bridgehead atoms. The topological polar surface area (TPSA) is 67.8 Å². The maximum absolute atomic E-state index is 11.1. The summed E-state index contributed by atoms with van der Waals surface area (Å²) in [6.45, 7) is 2.49. The second-order valence-electron chi connectivity index (χ2n) is 6.08. The van der Waals surface area contributed by atoms with Crippen molar-refractivity contribution in [3.8, 4) is 11.5 Å². The van der Waals surface area contributed by atoms with Gasteiger partial charge in [0.15, 0.2) is 11.5 Å². The molecule has 3 rings (SSSR count). The number of carboxylic acids is 1. The van der Waals surface area contributed by atoms with Crippen molar-refractivity contribution in [2.24, 2.45) is 0 Å². The minimum absolute atomic E-state index is 0.0906. The molecule has 0 saturated carbocycles. The molecule has 138 valence electrons. The Balaban J connectivity index is 1.78. The first-order valence-electron chi connectivity index (χ1n) is 8.14. The Bertz CT molecular complexity index is 814. The van der Waals surface area contributed by atoms with E-state index in [1.807, 2.05) is 37.3 Å². The molecular formula is C19H20BrNO4S. The molecule has 2 unspecified atom stereocenters. The molecule has 0 amide bonds. The Morgan fingerprint density at radius 2 is 2.19 bits per heavy atom. The largest absolute Gasteiger partial charge is 0.493 e. The molecule has 2 aromatic carbocycles. The van der Waals surface area contributed by atoms with Gasteiger partial charge in [-0.2, -0.15) is 0 Å². The molecule has 5 nitrogen and oxygen atoms in total. The zero-order valence-corrected chi connectivity index (χ0v) is 16.9. The predicted molar refractivity (Wildman–Crippen MR) is 106 cm³/mol. The number of carboxylic acid groups (broad SMARTS) is 1. The molecule has 2 N–H and O–H groups in total. The molecule has 2 aromatic rings. The number of benzene rings is 2. The molecular weight excluding hydrogens is 418 g/mol. The van der Waals surface area contributed by atoms with Crippen LogP contribution in [0.3, 0.4) is 0 Å². The number of carbonyl (C=O) groups is 1. The molecule has 7 heteroatoms. The highest BCUT2D eigenvalue weighted by atomic mass is 79.9. The van der Waals surface area contributed by atoms with E-state index in [0.29, 0.717) is 23.9 Å². The maximum Gasteiger partial charge on any atom is 0.321 e. The third-order valence-corrected chi connectivity index (χ3v) is 5.96. The summed E-state index contributed by atoms with van der Waals surface area (Å²) in [5.74, 6) is 0.953. The average molecular weight is 438 g/mol. The normalized spacial score (nSPS) is 19.3. The first-order valence-corrected chi connectivity index (χ1v) is 9.98. The van der Waals surface area contributed by atoms with Gasteiger partial charge in [0.25, 0.3) is 0 Å². The van der Waals surface area contributed by atoms with Gasteiger partial charge in [0, 0.05) is 5.75 Å². The number of thioether (sulfide) groups is 1. The Morgan fingerprint density at radius 3 is 2.85 bits per heavy atom. The Morgan fingerprint density at radius 1 is 1.38 bits per heavy atom. The van der Waals surface area contributed by atoms with Crippen LogP contribution >= 0.6 is 27.7 Å². The zero-order chi connectivity index (χ0) is 18.7. The van der Waals surface area contributed by atoms with Gasteiger partial charge in [-0.15, -0.1) is 11.8 Å². The molecule has 0 aromatic heterocycles. The summed E-state index contributed by atoms with van der Waals surface area (Å²) in [4.78, 5) is 11.1. The third-order valence-electron chi connectivity index (χ3n) is 4.10. The minimum Gasteiger partial charge on any atom is -0.493 e. The van der Waals surface area contributed by atoms with E-state index in [1.165, 1.54) is 5.56 Å². The molecule has 1 heterocycles. The summed E-state index contributed by atoms with van der Waals surface area (Å²) in [5, 5.41) is 12.2. The lowest BCUT2D eigenvalue weighted by Gasteiger charge is -2.17. The lowest BCUT2D eigenvalue weighted by Crippen LogP contribution is -2.33. The summed E-state index contributed by atoms with van der Waals surface area (Å²) >= 11 is 5.13. The summed E-state index contributed by atoms with van der Waals surface area (Å²) in [6, 6.07) is 11.5. The van der Waals surface area contributed by atoms with Crippen molar-refractivity contribution in [1.82, 2.24) is 5.32 Å². The molecule has 1 aliphatic heterocycles. The van der Waals surface area contributed by atoms with Gasteiger partial charge in [0.1, 0.15) is 12.6 Å². The fourth-order valence-corrected chi connectivity index (χ4v) is 4.58. The Labute approximate surface area is 165 Å². The molecule has 26 heavy (non-hydrogen) atoms. The smallest absolute Gasteiger partial charge is 0.321 e. The van der Waals surface area contributed by atoms with Crippen molar-refractivity contribution in [2.45, 2.75) is 24.9 Å². The number of aliphatic carboxylic acids is 1. The van der Waals surface area contributed by atoms with Crippen LogP contribution in [0.25, 0.3) is 0 Å². The second kappa shape index (κ2) is 8.33. The standard InChI is InChI=1S/C19H20BrNO4S/c1-11-4-3-5-12(6-11)9-25-17-14(20)7-13(8-16(17)24-2)18-21-15(10-26-18)19(22)23/h3-8,15,18,21H,9-10H2,1-2H3,(H,22,23). The van der Waals surface area contributed by atoms with E-state index in [1.54, 1.807) is 18.9 Å². The van der Waals surface area contributed by atoms with E-state index in [2.05, 4.69) is 27.3 Å². The van der Waals surface area contributed by atoms with Crippen LogP contribution in [0.5, 0.6) is 11.5 Å². The Hall–Kier alpha value is -1.70. The van der Waals surface area contributed by atoms with E-state index in [0.717, 1.165) is 15.6 Å². The van der Waals surface area contributed by atoms with Crippen LogP contribution in [0.2, 0.25) is 0 Å². The predicted octanol–water partition coefficient (Wildman–Crippen LogP) is 4.13. The van der Waals surface area contributed by atoms with Crippen molar-refractivity contribution >= 4 is 33.7 Å². The second-order valence-corrected chi connectivity index (χ2v) is 8.08. The molecule has 1 saturated heterocycles. The van der Waals surface area contributed by atoms with Crippen molar-refractivity contribution in [1.29, 1.82) is 0 Å². The van der Waals surface area contributed by atoms with Gasteiger partial charge in [-0.25, -0.2) is 0 Å². The summed E-state index contributed by atoms with van der Waals surface area (Å²) in [7, 11) is 1.60. The Kier molecular flexibility index (Phi) is 6.11. The van der Waals surface area contributed by atoms with Crippen molar-refractivity contribution in [3.63, 3.8) is 0 Å². The lowest BCUT2D eigenvalue weighted by atomic mass is 10.1. The highest BCUT2D eigenvalue weighted by molar-refractivity contribution is 9.10. The summed E-state index contributed by atoms with van der Waals surface area (Å²) in [5.41, 5.74) is 3.22. The number of halogens is 1. The van der Waals surface area contributed by atoms with Crippen LogP contribution in [0.1, 0.15) is 22.1 Å². The number of aryl methyl sites for hydroxylation is 1. The molecule has 1 fully saturated rings. The summed E-state index contributed by atoms with van der Waals surface area (Å²) in [6.07, 6.45) is 0. The summed E-state index contributed by atoms with van der Waals surface area (Å²) < 4.78 is 12.3. The molecule has 1 aliphatic rings. The lowest BCUT2D eigenvalue weighted by molar-refractivity contribution is -0.138. The van der Waals surface area contributed by atoms with E-state index < -0.39 is 12.0 Å². The van der Waals surface area contributed by atoms with E-state index in [9.17, 15) is 4.79 Å². The van der Waals surface area contributed by atoms with Crippen LogP contribution in [0, 0.1) is 6.92 Å². The number of nitrogens with one attached hydrogen (secondary N) is 1. The molecule has 2 atom stereocenters. The minimum atomic E-state index is -0.830. The molecule has 0 radical (unpaired) electrons. The van der Waals surface area contributed by atoms with Crippen LogP contribution in [-0.4, -0.2) is 30.0 Å². The first kappa shape index (κ1) is 19.1. The highest BCUT2D eigenvalue weighted by Crippen LogP contribution is 2.42. The quantitative estimate of drug-likeness (QED) is 0.707. The van der Waals surface area contributed by atoms with Crippen LogP contribution in [-0.2, 0) is 11.4 Å². The van der Waals surface area contributed by atoms with Crippen LogP contribution < -0.4 is 14.8 Å². The number of hydrogen-bond donors (Lipinski definition) is 2. The number of methoxy groups -OCH3 is 1. The van der Waals surface area contributed by atoms with Gasteiger partial charge in [-0.1, -0.05) is 29.8 Å². The van der Waals surface area contributed by atoms with Crippen LogP contribution in [0.15, 0.2) is 40.9 Å². The van der Waals surface area contributed by atoms with Crippen molar-refractivity contribution < 1.29 is 19.4 Å². The fraction of sp³-hybridized carbons (Fsp3) is 0.316. The van der Waals surface area contributed by atoms with Crippen molar-refractivity contribution in [3.05, 3.63) is 57.6 Å². The van der Waals surface area contributed by atoms with E-state index in [-0.39, 0.29) is 5.37 Å². The number of hydrogen-bond acceptors (Lipinski definition) is 5. The molecule has 0 aliphatic carbocycles.